The maximum atomic E-state index is 10.3. The zero-order chi connectivity index (χ0) is 11.1. The lowest BCUT2D eigenvalue weighted by molar-refractivity contribution is -0.134. The van der Waals surface area contributed by atoms with Gasteiger partial charge in [-0.05, 0) is 24.3 Å². The van der Waals surface area contributed by atoms with Gasteiger partial charge in [-0.3, -0.25) is 19.2 Å². The molecule has 0 aromatic carbocycles. The molecule has 4 nitrogen and oxygen atoms in total. The van der Waals surface area contributed by atoms with Crippen molar-refractivity contribution in [1.82, 2.24) is 0 Å². The van der Waals surface area contributed by atoms with Crippen molar-refractivity contribution in [1.29, 1.82) is 0 Å². The maximum absolute atomic E-state index is 10.3. The number of rotatable bonds is 1. The van der Waals surface area contributed by atoms with Gasteiger partial charge in [-0.2, -0.15) is 0 Å². The molecule has 0 radical (unpaired) electrons. The van der Waals surface area contributed by atoms with Gasteiger partial charge in [0.2, 0.25) is 0 Å². The number of hydrogen-bond donors (Lipinski definition) is 0. The van der Waals surface area contributed by atoms with Crippen molar-refractivity contribution in [2.24, 2.45) is 0 Å². The van der Waals surface area contributed by atoms with E-state index in [4.69, 9.17) is 0 Å². The van der Waals surface area contributed by atoms with E-state index in [1.54, 1.807) is 0 Å². The Morgan fingerprint density at radius 3 is 1.14 bits per heavy atom. The van der Waals surface area contributed by atoms with E-state index in [1.807, 2.05) is 0 Å². The first-order valence-corrected chi connectivity index (χ1v) is 3.89. The van der Waals surface area contributed by atoms with Crippen LogP contribution in [0.1, 0.15) is 13.8 Å². The number of allylic oxidation sites excluding steroid dienone is 4. The van der Waals surface area contributed by atoms with Crippen molar-refractivity contribution in [3.8, 4) is 0 Å². The van der Waals surface area contributed by atoms with Gasteiger partial charge in [-0.25, -0.2) is 0 Å². The molecule has 1 aliphatic carbocycles. The van der Waals surface area contributed by atoms with Crippen LogP contribution >= 0.6 is 0 Å². The third-order valence-corrected chi connectivity index (χ3v) is 1.32. The highest BCUT2D eigenvalue weighted by Gasteiger charge is 1.97. The number of hydrogen-bond acceptors (Lipinski definition) is 4. The van der Waals surface area contributed by atoms with E-state index in [0.717, 1.165) is 0 Å². The second-order valence-corrected chi connectivity index (χ2v) is 2.58. The monoisotopic (exact) mass is 194 g/mol. The molecule has 0 bridgehead atoms. The van der Waals surface area contributed by atoms with Crippen molar-refractivity contribution in [3.05, 3.63) is 24.3 Å². The van der Waals surface area contributed by atoms with Gasteiger partial charge in [0.15, 0.2) is 23.1 Å². The van der Waals surface area contributed by atoms with Gasteiger partial charge in [0, 0.05) is 13.8 Å². The van der Waals surface area contributed by atoms with Crippen LogP contribution in [0.25, 0.3) is 0 Å². The first-order valence-electron chi connectivity index (χ1n) is 3.89. The van der Waals surface area contributed by atoms with Gasteiger partial charge in [0.1, 0.15) is 0 Å². The van der Waals surface area contributed by atoms with Crippen LogP contribution in [0.5, 0.6) is 0 Å². The number of ketones is 4. The summed E-state index contributed by atoms with van der Waals surface area (Å²) in [5.41, 5.74) is 0. The molecule has 0 saturated heterocycles. The summed E-state index contributed by atoms with van der Waals surface area (Å²) in [4.78, 5) is 40.2. The molecular weight excluding hydrogens is 184 g/mol. The molecule has 1 aliphatic rings. The van der Waals surface area contributed by atoms with Gasteiger partial charge in [-0.1, -0.05) is 0 Å². The molecule has 0 N–H and O–H groups in total. The molecule has 14 heavy (non-hydrogen) atoms. The molecule has 0 heterocycles. The summed E-state index contributed by atoms with van der Waals surface area (Å²) in [6, 6.07) is 0. The zero-order valence-electron chi connectivity index (χ0n) is 7.94. The third kappa shape index (κ3) is 5.77. The Kier molecular flexibility index (Phi) is 4.99. The first-order chi connectivity index (χ1) is 6.43. The second-order valence-electron chi connectivity index (χ2n) is 2.58. The lowest BCUT2D eigenvalue weighted by atomic mass is 10.2. The minimum Gasteiger partial charge on any atom is -0.291 e. The average Bonchev–Trinajstić information content (AvgIpc) is 2.11. The van der Waals surface area contributed by atoms with E-state index < -0.39 is 0 Å². The molecule has 0 atom stereocenters. The molecule has 0 unspecified atom stereocenters. The predicted molar refractivity (Wildman–Crippen MR) is 49.7 cm³/mol. The molecule has 0 spiro atoms. The summed E-state index contributed by atoms with van der Waals surface area (Å²) >= 11 is 0. The highest BCUT2D eigenvalue weighted by atomic mass is 16.2. The largest absolute Gasteiger partial charge is 0.291 e. The lowest BCUT2D eigenvalue weighted by Crippen LogP contribution is -2.01. The highest BCUT2D eigenvalue weighted by Crippen LogP contribution is 1.90. The van der Waals surface area contributed by atoms with E-state index in [0.29, 0.717) is 0 Å². The summed E-state index contributed by atoms with van der Waals surface area (Å²) in [7, 11) is 0. The Balaban J connectivity index is 0.000000255. The zero-order valence-corrected chi connectivity index (χ0v) is 7.94. The molecule has 74 valence electrons. The number of carbonyl (C=O) groups excluding carboxylic acids is 4. The lowest BCUT2D eigenvalue weighted by Gasteiger charge is -1.87. The van der Waals surface area contributed by atoms with Crippen molar-refractivity contribution in [3.63, 3.8) is 0 Å². The van der Waals surface area contributed by atoms with Crippen LogP contribution < -0.4 is 0 Å². The van der Waals surface area contributed by atoms with Crippen LogP contribution in [0.15, 0.2) is 24.3 Å². The van der Waals surface area contributed by atoms with E-state index >= 15 is 0 Å². The van der Waals surface area contributed by atoms with E-state index in [-0.39, 0.29) is 23.1 Å². The first kappa shape index (κ1) is 12.2. The fraction of sp³-hybridized carbons (Fsp3) is 0.200. The Bertz CT molecular complexity index is 284. The normalized spacial score (nSPS) is 13.3. The van der Waals surface area contributed by atoms with Crippen LogP contribution in [0, 0.1) is 0 Å². The van der Waals surface area contributed by atoms with Crippen LogP contribution in [0.4, 0.5) is 0 Å². The molecule has 0 fully saturated rings. The average molecular weight is 194 g/mol. The van der Waals surface area contributed by atoms with Crippen LogP contribution in [0.2, 0.25) is 0 Å². The molecule has 4 heteroatoms. The van der Waals surface area contributed by atoms with Gasteiger partial charge in [-0.15, -0.1) is 0 Å². The van der Waals surface area contributed by atoms with Crippen molar-refractivity contribution < 1.29 is 19.2 Å². The smallest absolute Gasteiger partial charge is 0.195 e. The Morgan fingerprint density at radius 2 is 1.00 bits per heavy atom. The Labute approximate surface area is 81.3 Å². The van der Waals surface area contributed by atoms with Gasteiger partial charge in [0.25, 0.3) is 0 Å². The molecule has 0 aromatic heterocycles. The quantitative estimate of drug-likeness (QED) is 0.448. The van der Waals surface area contributed by atoms with E-state index in [2.05, 4.69) is 0 Å². The molecule has 0 aromatic rings. The molecular formula is C10H10O4. The third-order valence-electron chi connectivity index (χ3n) is 1.32. The summed E-state index contributed by atoms with van der Waals surface area (Å²) in [6.45, 7) is 2.50. The van der Waals surface area contributed by atoms with Crippen molar-refractivity contribution in [2.75, 3.05) is 0 Å². The molecule has 0 amide bonds. The summed E-state index contributed by atoms with van der Waals surface area (Å²) < 4.78 is 0. The van der Waals surface area contributed by atoms with Crippen LogP contribution in [-0.4, -0.2) is 23.1 Å². The van der Waals surface area contributed by atoms with Gasteiger partial charge < -0.3 is 0 Å². The number of Topliss-reactive ketones (excluding diaryl/α,β-unsaturated/α-hetero) is 2. The Morgan fingerprint density at radius 1 is 0.786 bits per heavy atom. The second kappa shape index (κ2) is 5.75. The molecule has 0 aliphatic heterocycles. The van der Waals surface area contributed by atoms with Crippen molar-refractivity contribution in [2.45, 2.75) is 13.8 Å². The Hall–Kier alpha value is -1.84. The van der Waals surface area contributed by atoms with Gasteiger partial charge in [0.05, 0.1) is 0 Å². The summed E-state index contributed by atoms with van der Waals surface area (Å²) in [5.74, 6) is -1.00. The fourth-order valence-corrected chi connectivity index (χ4v) is 0.440. The maximum Gasteiger partial charge on any atom is 0.195 e. The number of carbonyl (C=O) groups is 4. The summed E-state index contributed by atoms with van der Waals surface area (Å²) in [5, 5.41) is 0. The minimum atomic E-state index is -0.380. The van der Waals surface area contributed by atoms with Gasteiger partial charge >= 0.3 is 0 Å². The fourth-order valence-electron chi connectivity index (χ4n) is 0.440. The summed E-state index contributed by atoms with van der Waals surface area (Å²) in [6.07, 6.45) is 5.01. The van der Waals surface area contributed by atoms with Crippen molar-refractivity contribution >= 4 is 23.1 Å². The topological polar surface area (TPSA) is 68.3 Å². The predicted octanol–water partition coefficient (Wildman–Crippen LogP) is 0.415. The van der Waals surface area contributed by atoms with E-state index in [1.165, 1.54) is 38.2 Å². The molecule has 0 saturated carbocycles. The minimum absolute atomic E-state index is 0.121. The van der Waals surface area contributed by atoms with Crippen LogP contribution in [-0.2, 0) is 19.2 Å². The molecule has 1 rings (SSSR count). The SMILES string of the molecule is CC(=O)C(C)=O.O=C1C=CC(=O)C=C1. The standard InChI is InChI=1S/C6H4O2.C4H6O2/c7-5-1-2-6(8)4-3-5;1-3(5)4(2)6/h1-4H;1-2H3. The van der Waals surface area contributed by atoms with E-state index in [9.17, 15) is 19.2 Å². The van der Waals surface area contributed by atoms with Crippen LogP contribution in [0.3, 0.4) is 0 Å². The highest BCUT2D eigenvalue weighted by molar-refractivity contribution is 6.35.